The topological polar surface area (TPSA) is 38.7 Å². The Balaban J connectivity index is 0.00000574. The Morgan fingerprint density at radius 2 is 0.740 bits per heavy atom. The van der Waals surface area contributed by atoms with Crippen molar-refractivity contribution < 1.29 is 20.1 Å². The zero-order valence-electron chi connectivity index (χ0n) is 40.9. The van der Waals surface area contributed by atoms with Gasteiger partial charge in [-0.3, -0.25) is 0 Å². The van der Waals surface area contributed by atoms with Gasteiger partial charge in [-0.25, -0.2) is 0 Å². The predicted molar refractivity (Wildman–Crippen MR) is 295 cm³/mol. The van der Waals surface area contributed by atoms with Crippen LogP contribution in [0.25, 0.3) is 78.3 Å². The van der Waals surface area contributed by atoms with Crippen molar-refractivity contribution in [2.45, 2.75) is 75.0 Å². The summed E-state index contributed by atoms with van der Waals surface area (Å²) in [6, 6.07) is 82.4. The van der Waals surface area contributed by atoms with E-state index in [4.69, 9.17) is 15.0 Å². The van der Waals surface area contributed by atoms with E-state index in [2.05, 4.69) is 201 Å². The molecule has 0 saturated heterocycles. The Morgan fingerprint density at radius 3 is 1.23 bits per heavy atom. The van der Waals surface area contributed by atoms with Crippen LogP contribution in [0.3, 0.4) is 0 Å². The molecule has 356 valence electrons. The Morgan fingerprint density at radius 1 is 0.301 bits per heavy atom. The third-order valence-electron chi connectivity index (χ3n) is 15.5. The molecule has 3 heterocycles. The molecule has 0 spiro atoms. The molecule has 73 heavy (non-hydrogen) atoms. The fourth-order valence-electron chi connectivity index (χ4n) is 11.8. The molecule has 0 N–H and O–H groups in total. The number of hydrogen-bond acceptors (Lipinski definition) is 3. The van der Waals surface area contributed by atoms with Crippen molar-refractivity contribution in [1.29, 1.82) is 0 Å². The van der Waals surface area contributed by atoms with Crippen molar-refractivity contribution in [1.82, 2.24) is 15.0 Å². The predicted octanol–water partition coefficient (Wildman–Crippen LogP) is 17.8. The van der Waals surface area contributed by atoms with E-state index in [0.29, 0.717) is 23.7 Å². The third-order valence-corrected chi connectivity index (χ3v) is 15.5. The fraction of sp³-hybridized carbons (Fsp3) is 0.174. The van der Waals surface area contributed by atoms with Crippen LogP contribution < -0.4 is 0 Å². The second-order valence-corrected chi connectivity index (χ2v) is 19.8. The van der Waals surface area contributed by atoms with Crippen LogP contribution in [0.4, 0.5) is 0 Å². The van der Waals surface area contributed by atoms with Gasteiger partial charge in [0.05, 0.1) is 0 Å². The molecule has 7 aromatic carbocycles. The first-order chi connectivity index (χ1) is 35.7. The first-order valence-corrected chi connectivity index (χ1v) is 25.9. The molecule has 3 nitrogen and oxygen atoms in total. The molecule has 4 unspecified atom stereocenters. The number of pyridine rings is 3. The molecule has 10 aromatic rings. The number of nitrogens with zero attached hydrogens (tertiary/aromatic N) is 3. The second kappa shape index (κ2) is 22.2. The van der Waals surface area contributed by atoms with Crippen molar-refractivity contribution in [2.75, 3.05) is 0 Å². The summed E-state index contributed by atoms with van der Waals surface area (Å²) in [6.45, 7) is 0. The molecule has 12 rings (SSSR count). The number of benzene rings is 7. The van der Waals surface area contributed by atoms with E-state index in [9.17, 15) is 0 Å². The van der Waals surface area contributed by atoms with E-state index >= 15 is 0 Å². The third kappa shape index (κ3) is 10.3. The molecule has 2 aliphatic rings. The standard InChI is InChI=1S/C69H56N3.Ir/c1-5-19-48(20-6-1)49-33-35-50(36-34-49)65-44-69(53-25-11-4-12-26-53)72-47-66(65)64-32-18-17-31-63(64)58-42-56(61-29-15-13-27-59(61)54-37-39-67(70-45-54)51-21-7-2-8-22-51)41-57(43-58)62-30-16-14-28-60(62)55-38-40-68(71-46-55)52-23-9-3-10-24-52;/h1-12,17-21,23,25,31-47,59-62H,13-16,27-30H2;/q-3;+3. The van der Waals surface area contributed by atoms with Crippen molar-refractivity contribution in [2.24, 2.45) is 0 Å². The zero-order valence-corrected chi connectivity index (χ0v) is 43.3. The van der Waals surface area contributed by atoms with Gasteiger partial charge in [0.2, 0.25) is 0 Å². The maximum atomic E-state index is 5.18. The quantitative estimate of drug-likeness (QED) is 0.121. The van der Waals surface area contributed by atoms with E-state index < -0.39 is 0 Å². The van der Waals surface area contributed by atoms with Crippen molar-refractivity contribution >= 4 is 0 Å². The first kappa shape index (κ1) is 47.9. The normalized spacial score (nSPS) is 17.6. The second-order valence-electron chi connectivity index (χ2n) is 19.8. The summed E-state index contributed by atoms with van der Waals surface area (Å²) in [7, 11) is 0. The van der Waals surface area contributed by atoms with Gasteiger partial charge in [0.1, 0.15) is 0 Å². The molecule has 0 amide bonds. The largest absolute Gasteiger partial charge is 3.00 e. The average molecular weight is 1120 g/mol. The molecule has 4 heteroatoms. The minimum Gasteiger partial charge on any atom is -0.304 e. The molecule has 3 aromatic heterocycles. The van der Waals surface area contributed by atoms with Crippen LogP contribution in [0.2, 0.25) is 0 Å². The SMILES string of the molecule is [Ir+3].[c-]1ccccc1-c1ccc(C2CCCCC2c2cc(-c3ccccc3-c3cnc(-c4[c-]cccc4)cc3-c3ccc(-c4ccccc4)cc3)cc(C3CCCCC3c3ccc(-c4[c-]cccc4)nc3)c2)cn1. The van der Waals surface area contributed by atoms with Gasteiger partial charge in [0.25, 0.3) is 0 Å². The molecule has 0 bridgehead atoms. The Kier molecular flexibility index (Phi) is 14.6. The average Bonchev–Trinajstić information content (AvgIpc) is 3.48. The first-order valence-electron chi connectivity index (χ1n) is 25.9. The summed E-state index contributed by atoms with van der Waals surface area (Å²) in [5.41, 5.74) is 20.9. The number of hydrogen-bond donors (Lipinski definition) is 0. The van der Waals surface area contributed by atoms with Crippen LogP contribution in [-0.4, -0.2) is 15.0 Å². The molecule has 4 atom stereocenters. The maximum absolute atomic E-state index is 5.18. The Bertz CT molecular complexity index is 3270. The molecular formula is C69H56IrN3. The minimum atomic E-state index is 0. The van der Waals surface area contributed by atoms with Crippen molar-refractivity contribution in [3.8, 4) is 78.3 Å². The van der Waals surface area contributed by atoms with E-state index in [1.54, 1.807) is 0 Å². The van der Waals surface area contributed by atoms with Gasteiger partial charge < -0.3 is 15.0 Å². The van der Waals surface area contributed by atoms with Crippen LogP contribution in [0.5, 0.6) is 0 Å². The van der Waals surface area contributed by atoms with Gasteiger partial charge in [-0.2, -0.15) is 0 Å². The maximum Gasteiger partial charge on any atom is 3.00 e. The van der Waals surface area contributed by atoms with Gasteiger partial charge in [-0.05, 0) is 128 Å². The molecule has 0 radical (unpaired) electrons. The van der Waals surface area contributed by atoms with Gasteiger partial charge in [-0.15, -0.1) is 108 Å². The van der Waals surface area contributed by atoms with Gasteiger partial charge in [0, 0.05) is 24.2 Å². The molecule has 2 aliphatic carbocycles. The summed E-state index contributed by atoms with van der Waals surface area (Å²) in [6.07, 6.45) is 15.8. The van der Waals surface area contributed by atoms with Crippen LogP contribution in [-0.2, 0) is 20.1 Å². The monoisotopic (exact) mass is 1120 g/mol. The van der Waals surface area contributed by atoms with E-state index in [1.807, 2.05) is 36.4 Å². The van der Waals surface area contributed by atoms with Gasteiger partial charge in [0.15, 0.2) is 0 Å². The van der Waals surface area contributed by atoms with Crippen LogP contribution in [0.1, 0.15) is 97.3 Å². The molecule has 2 saturated carbocycles. The Labute approximate surface area is 444 Å². The minimum absolute atomic E-state index is 0. The Hall–Kier alpha value is -7.36. The fourth-order valence-corrected chi connectivity index (χ4v) is 11.8. The summed E-state index contributed by atoms with van der Waals surface area (Å²) >= 11 is 0. The van der Waals surface area contributed by atoms with E-state index in [0.717, 1.165) is 76.1 Å². The molecular weight excluding hydrogens is 1060 g/mol. The summed E-state index contributed by atoms with van der Waals surface area (Å²) in [5.74, 6) is 1.44. The summed E-state index contributed by atoms with van der Waals surface area (Å²) in [5, 5.41) is 0. The van der Waals surface area contributed by atoms with Crippen LogP contribution >= 0.6 is 0 Å². The number of aromatic nitrogens is 3. The number of rotatable bonds is 11. The van der Waals surface area contributed by atoms with Gasteiger partial charge in [-0.1, -0.05) is 153 Å². The van der Waals surface area contributed by atoms with Crippen molar-refractivity contribution in [3.63, 3.8) is 0 Å². The van der Waals surface area contributed by atoms with Crippen LogP contribution in [0, 0.1) is 18.2 Å². The molecule has 0 aliphatic heterocycles. The van der Waals surface area contributed by atoms with Gasteiger partial charge >= 0.3 is 20.1 Å². The smallest absolute Gasteiger partial charge is 0.304 e. The molecule has 2 fully saturated rings. The summed E-state index contributed by atoms with van der Waals surface area (Å²) in [4.78, 5) is 15.3. The summed E-state index contributed by atoms with van der Waals surface area (Å²) < 4.78 is 0. The van der Waals surface area contributed by atoms with E-state index in [-0.39, 0.29) is 20.1 Å². The van der Waals surface area contributed by atoms with Crippen molar-refractivity contribution in [3.05, 3.63) is 259 Å². The van der Waals surface area contributed by atoms with E-state index in [1.165, 1.54) is 75.8 Å². The zero-order chi connectivity index (χ0) is 48.1. The van der Waals surface area contributed by atoms with Crippen LogP contribution in [0.15, 0.2) is 219 Å².